The topological polar surface area (TPSA) is 54.4 Å². The van der Waals surface area contributed by atoms with Crippen LogP contribution in [0.1, 0.15) is 37.5 Å². The van der Waals surface area contributed by atoms with E-state index in [2.05, 4.69) is 36.6 Å². The molecule has 2 aromatic rings. The van der Waals surface area contributed by atoms with Gasteiger partial charge in [0.1, 0.15) is 11.3 Å². The van der Waals surface area contributed by atoms with Crippen molar-refractivity contribution in [2.24, 2.45) is 5.84 Å². The maximum Gasteiger partial charge on any atom is 0.134 e. The molecule has 0 spiro atoms. The lowest BCUT2D eigenvalue weighted by Crippen LogP contribution is -2.53. The number of benzene rings is 1. The molecule has 0 amide bonds. The van der Waals surface area contributed by atoms with Crippen molar-refractivity contribution in [2.75, 3.05) is 14.1 Å². The van der Waals surface area contributed by atoms with E-state index in [4.69, 9.17) is 10.3 Å². The molecule has 3 N–H and O–H groups in total. The number of rotatable bonds is 4. The monoisotopic (exact) mass is 273 g/mol. The smallest absolute Gasteiger partial charge is 0.134 e. The fourth-order valence-electron chi connectivity index (χ4n) is 3.63. The van der Waals surface area contributed by atoms with Crippen LogP contribution in [0.4, 0.5) is 0 Å². The Morgan fingerprint density at radius 2 is 1.95 bits per heavy atom. The molecule has 108 valence electrons. The summed E-state index contributed by atoms with van der Waals surface area (Å²) < 4.78 is 6.04. The van der Waals surface area contributed by atoms with Gasteiger partial charge >= 0.3 is 0 Å². The third-order valence-corrected chi connectivity index (χ3v) is 4.79. The Bertz CT molecular complexity index is 551. The average Bonchev–Trinajstić information content (AvgIpc) is 3.06. The first-order valence-electron chi connectivity index (χ1n) is 7.29. The molecule has 1 aromatic carbocycles. The zero-order chi connectivity index (χ0) is 14.2. The third kappa shape index (κ3) is 2.04. The molecule has 3 rings (SSSR count). The lowest BCUT2D eigenvalue weighted by atomic mass is 9.85. The Labute approximate surface area is 119 Å². The Morgan fingerprint density at radius 3 is 2.55 bits per heavy atom. The minimum Gasteiger partial charge on any atom is -0.459 e. The van der Waals surface area contributed by atoms with Crippen molar-refractivity contribution in [3.8, 4) is 0 Å². The van der Waals surface area contributed by atoms with Crippen LogP contribution < -0.4 is 11.3 Å². The van der Waals surface area contributed by atoms with Crippen LogP contribution >= 0.6 is 0 Å². The number of nitrogens with one attached hydrogen (secondary N) is 1. The highest BCUT2D eigenvalue weighted by Gasteiger charge is 2.45. The van der Waals surface area contributed by atoms with Gasteiger partial charge in [0.2, 0.25) is 0 Å². The van der Waals surface area contributed by atoms with E-state index in [9.17, 15) is 0 Å². The van der Waals surface area contributed by atoms with Gasteiger partial charge in [-0.2, -0.15) is 0 Å². The Kier molecular flexibility index (Phi) is 3.54. The van der Waals surface area contributed by atoms with Crippen molar-refractivity contribution in [1.29, 1.82) is 0 Å². The molecule has 1 aromatic heterocycles. The van der Waals surface area contributed by atoms with Gasteiger partial charge in [-0.1, -0.05) is 31.0 Å². The Hall–Kier alpha value is -1.36. The minimum absolute atomic E-state index is 0.0207. The number of hydrogen-bond donors (Lipinski definition) is 2. The molecule has 0 bridgehead atoms. The molecule has 20 heavy (non-hydrogen) atoms. The normalized spacial score (nSPS) is 19.8. The van der Waals surface area contributed by atoms with Crippen LogP contribution in [-0.4, -0.2) is 24.5 Å². The molecule has 4 heteroatoms. The predicted octanol–water partition coefficient (Wildman–Crippen LogP) is 2.81. The molecule has 1 atom stereocenters. The summed E-state index contributed by atoms with van der Waals surface area (Å²) in [4.78, 5) is 2.30. The van der Waals surface area contributed by atoms with Crippen LogP contribution in [-0.2, 0) is 0 Å². The van der Waals surface area contributed by atoms with E-state index in [1.807, 2.05) is 18.2 Å². The van der Waals surface area contributed by atoms with E-state index < -0.39 is 0 Å². The van der Waals surface area contributed by atoms with Crippen molar-refractivity contribution in [3.63, 3.8) is 0 Å². The second-order valence-electron chi connectivity index (χ2n) is 5.99. The SMILES string of the molecule is CN(C)C1(C(NN)c2cc3ccccc3o2)CCCC1. The van der Waals surface area contributed by atoms with Gasteiger partial charge in [-0.3, -0.25) is 5.84 Å². The molecule has 1 aliphatic rings. The second kappa shape index (κ2) is 5.20. The number of nitrogens with zero attached hydrogens (tertiary/aromatic N) is 1. The van der Waals surface area contributed by atoms with Crippen LogP contribution in [0.2, 0.25) is 0 Å². The predicted molar refractivity (Wildman–Crippen MR) is 81.2 cm³/mol. The highest BCUT2D eigenvalue weighted by atomic mass is 16.3. The van der Waals surface area contributed by atoms with Gasteiger partial charge in [0.05, 0.1) is 6.04 Å². The van der Waals surface area contributed by atoms with E-state index >= 15 is 0 Å². The quantitative estimate of drug-likeness (QED) is 0.664. The number of hydrogen-bond acceptors (Lipinski definition) is 4. The van der Waals surface area contributed by atoms with Gasteiger partial charge < -0.3 is 9.32 Å². The first-order chi connectivity index (χ1) is 9.67. The largest absolute Gasteiger partial charge is 0.459 e. The van der Waals surface area contributed by atoms with Gasteiger partial charge in [-0.25, -0.2) is 5.43 Å². The van der Waals surface area contributed by atoms with Crippen molar-refractivity contribution in [1.82, 2.24) is 10.3 Å². The molecule has 1 heterocycles. The molecule has 1 fully saturated rings. The van der Waals surface area contributed by atoms with Gasteiger partial charge in [0.25, 0.3) is 0 Å². The van der Waals surface area contributed by atoms with E-state index in [0.717, 1.165) is 29.6 Å². The van der Waals surface area contributed by atoms with E-state index in [1.54, 1.807) is 0 Å². The number of furan rings is 1. The zero-order valence-corrected chi connectivity index (χ0v) is 12.2. The summed E-state index contributed by atoms with van der Waals surface area (Å²) in [6.07, 6.45) is 4.78. The molecule has 1 unspecified atom stereocenters. The maximum absolute atomic E-state index is 6.04. The van der Waals surface area contributed by atoms with Crippen LogP contribution in [0.25, 0.3) is 11.0 Å². The standard InChI is InChI=1S/C16H23N3O/c1-19(2)16(9-5-6-10-16)15(18-17)14-11-12-7-3-4-8-13(12)20-14/h3-4,7-8,11,15,18H,5-6,9-10,17H2,1-2H3. The summed E-state index contributed by atoms with van der Waals surface area (Å²) in [5.41, 5.74) is 3.98. The molecule has 4 nitrogen and oxygen atoms in total. The lowest BCUT2D eigenvalue weighted by Gasteiger charge is -2.41. The first-order valence-corrected chi connectivity index (χ1v) is 7.29. The van der Waals surface area contributed by atoms with E-state index in [0.29, 0.717) is 0 Å². The Balaban J connectivity index is 2.04. The number of hydrazine groups is 1. The van der Waals surface area contributed by atoms with Gasteiger partial charge in [-0.15, -0.1) is 0 Å². The summed E-state index contributed by atoms with van der Waals surface area (Å²) in [5.74, 6) is 6.83. The maximum atomic E-state index is 6.04. The molecule has 0 saturated heterocycles. The van der Waals surface area contributed by atoms with Crippen molar-refractivity contribution in [2.45, 2.75) is 37.3 Å². The number of fused-ring (bicyclic) bond motifs is 1. The summed E-state index contributed by atoms with van der Waals surface area (Å²) >= 11 is 0. The minimum atomic E-state index is 0.0207. The first kappa shape index (κ1) is 13.6. The molecule has 1 aliphatic carbocycles. The molecule has 0 aliphatic heterocycles. The Morgan fingerprint density at radius 1 is 1.25 bits per heavy atom. The van der Waals surface area contributed by atoms with Gasteiger partial charge in [-0.05, 0) is 39.1 Å². The van der Waals surface area contributed by atoms with Crippen LogP contribution in [0, 0.1) is 0 Å². The number of para-hydroxylation sites is 1. The summed E-state index contributed by atoms with van der Waals surface area (Å²) in [6.45, 7) is 0. The fourth-order valence-corrected chi connectivity index (χ4v) is 3.63. The lowest BCUT2D eigenvalue weighted by molar-refractivity contribution is 0.0943. The van der Waals surface area contributed by atoms with Crippen LogP contribution in [0.15, 0.2) is 34.7 Å². The summed E-state index contributed by atoms with van der Waals surface area (Å²) in [6, 6.07) is 10.2. The highest BCUT2D eigenvalue weighted by Crippen LogP contribution is 2.44. The molecular formula is C16H23N3O. The van der Waals surface area contributed by atoms with Crippen LogP contribution in [0.5, 0.6) is 0 Å². The van der Waals surface area contributed by atoms with Gasteiger partial charge in [0, 0.05) is 10.9 Å². The highest BCUT2D eigenvalue weighted by molar-refractivity contribution is 5.77. The van der Waals surface area contributed by atoms with Crippen molar-refractivity contribution < 1.29 is 4.42 Å². The van der Waals surface area contributed by atoms with E-state index in [1.165, 1.54) is 12.8 Å². The second-order valence-corrected chi connectivity index (χ2v) is 5.99. The van der Waals surface area contributed by atoms with Crippen molar-refractivity contribution in [3.05, 3.63) is 36.1 Å². The fraction of sp³-hybridized carbons (Fsp3) is 0.500. The van der Waals surface area contributed by atoms with Gasteiger partial charge in [0.15, 0.2) is 0 Å². The summed E-state index contributed by atoms with van der Waals surface area (Å²) in [7, 11) is 4.27. The van der Waals surface area contributed by atoms with Crippen molar-refractivity contribution >= 4 is 11.0 Å². The third-order valence-electron chi connectivity index (χ3n) is 4.79. The zero-order valence-electron chi connectivity index (χ0n) is 12.2. The molecule has 0 radical (unpaired) electrons. The number of likely N-dealkylation sites (N-methyl/N-ethyl adjacent to an activating group) is 1. The molecular weight excluding hydrogens is 250 g/mol. The number of nitrogens with two attached hydrogens (primary N) is 1. The van der Waals surface area contributed by atoms with E-state index in [-0.39, 0.29) is 11.6 Å². The van der Waals surface area contributed by atoms with Crippen LogP contribution in [0.3, 0.4) is 0 Å². The molecule has 1 saturated carbocycles. The summed E-state index contributed by atoms with van der Waals surface area (Å²) in [5, 5.41) is 1.13. The average molecular weight is 273 g/mol.